The second-order valence-corrected chi connectivity index (χ2v) is 4.73. The average Bonchev–Trinajstić information content (AvgIpc) is 2.48. The third kappa shape index (κ3) is 17.5. The predicted molar refractivity (Wildman–Crippen MR) is 79.2 cm³/mol. The van der Waals surface area contributed by atoms with Gasteiger partial charge in [0, 0.05) is 32.3 Å². The first-order valence-electron chi connectivity index (χ1n) is 7.20. The molecule has 0 fully saturated rings. The number of hydrogen-bond donors (Lipinski definition) is 6. The van der Waals surface area contributed by atoms with Crippen molar-refractivity contribution in [2.45, 2.75) is 50.6 Å². The van der Waals surface area contributed by atoms with Crippen molar-refractivity contribution < 1.29 is 50.2 Å². The van der Waals surface area contributed by atoms with Crippen LogP contribution >= 0.6 is 0 Å². The molecule has 0 aromatic heterocycles. The molecule has 2 atom stereocenters. The summed E-state index contributed by atoms with van der Waals surface area (Å²) in [6, 6.07) is -1.69. The Labute approximate surface area is 148 Å². The number of unbranched alkanes of at least 4 members (excludes halogenated alkanes) is 2. The summed E-state index contributed by atoms with van der Waals surface area (Å²) >= 11 is 0. The van der Waals surface area contributed by atoms with Crippen molar-refractivity contribution in [3.8, 4) is 0 Å². The number of carbonyl (C=O) groups is 2. The van der Waals surface area contributed by atoms with E-state index in [1.54, 1.807) is 0 Å². The fraction of sp³-hybridized carbons (Fsp3) is 0.833. The van der Waals surface area contributed by atoms with Crippen LogP contribution in [0.15, 0.2) is 0 Å². The summed E-state index contributed by atoms with van der Waals surface area (Å²) in [5.41, 5.74) is 11.3. The summed E-state index contributed by atoms with van der Waals surface area (Å²) in [5.74, 6) is -2.09. The maximum absolute atomic E-state index is 10.3. The number of carboxylic acids is 2. The Morgan fingerprint density at radius 2 is 1.13 bits per heavy atom. The van der Waals surface area contributed by atoms with E-state index in [1.807, 2.05) is 0 Å². The number of carboxylic acid groups (broad SMARTS) is 2. The first-order chi connectivity index (χ1) is 10.4. The summed E-state index contributed by atoms with van der Waals surface area (Å²) in [6.45, 7) is 1.09. The molecule has 10 N–H and O–H groups in total. The number of hydroxylamine groups is 2. The van der Waals surface area contributed by atoms with Crippen molar-refractivity contribution in [3.63, 3.8) is 0 Å². The molecule has 0 heterocycles. The van der Waals surface area contributed by atoms with Crippen molar-refractivity contribution in [3.05, 3.63) is 10.4 Å². The molecule has 0 spiro atoms. The molecule has 0 aliphatic carbocycles. The molecule has 11 heteroatoms. The molecule has 0 saturated carbocycles. The second-order valence-electron chi connectivity index (χ2n) is 4.73. The van der Waals surface area contributed by atoms with Crippen molar-refractivity contribution >= 4 is 11.9 Å². The fourth-order valence-electron chi connectivity index (χ4n) is 1.52. The van der Waals surface area contributed by atoms with Gasteiger partial charge >= 0.3 is 11.9 Å². The van der Waals surface area contributed by atoms with Crippen molar-refractivity contribution in [2.75, 3.05) is 13.1 Å². The molecule has 0 rings (SSSR count). The van der Waals surface area contributed by atoms with Gasteiger partial charge in [-0.1, -0.05) is 0 Å². The summed E-state index contributed by atoms with van der Waals surface area (Å²) < 4.78 is 0. The molecule has 10 nitrogen and oxygen atoms in total. The van der Waals surface area contributed by atoms with Gasteiger partial charge in [0.25, 0.3) is 0 Å². The van der Waals surface area contributed by atoms with E-state index in [9.17, 15) is 20.0 Å². The fourth-order valence-corrected chi connectivity index (χ4v) is 1.52. The minimum absolute atomic E-state index is 0. The molecular formula is C12H28N4O6Zn. The molecule has 134 valence electrons. The molecule has 0 amide bonds. The van der Waals surface area contributed by atoms with Crippen LogP contribution in [-0.4, -0.2) is 47.3 Å². The number of rotatable bonds is 12. The normalized spacial score (nSPS) is 12.3. The Balaban J connectivity index is -0.000000333. The van der Waals surface area contributed by atoms with Crippen LogP contribution in [-0.2, 0) is 29.1 Å². The van der Waals surface area contributed by atoms with Crippen LogP contribution in [0, 0.1) is 10.4 Å². The summed E-state index contributed by atoms with van der Waals surface area (Å²) in [7, 11) is 0. The number of aliphatic carboxylic acids is 2. The first-order valence-corrected chi connectivity index (χ1v) is 7.20. The minimum Gasteiger partial charge on any atom is -0.635 e. The van der Waals surface area contributed by atoms with Gasteiger partial charge in [0.2, 0.25) is 0 Å². The Bertz CT molecular complexity index is 271. The van der Waals surface area contributed by atoms with Crippen LogP contribution in [0.25, 0.3) is 0 Å². The molecule has 23 heavy (non-hydrogen) atoms. The molecule has 0 unspecified atom stereocenters. The van der Waals surface area contributed by atoms with E-state index in [0.29, 0.717) is 49.7 Å². The maximum Gasteiger partial charge on any atom is 0.362 e. The van der Waals surface area contributed by atoms with Gasteiger partial charge in [-0.2, -0.15) is 0 Å². The maximum atomic E-state index is 10.3. The first kappa shape index (κ1) is 27.2. The van der Waals surface area contributed by atoms with Crippen molar-refractivity contribution in [1.29, 1.82) is 0 Å². The summed E-state index contributed by atoms with van der Waals surface area (Å²) in [4.78, 5) is 20.5. The van der Waals surface area contributed by atoms with Gasteiger partial charge in [0.1, 0.15) is 0 Å². The Morgan fingerprint density at radius 3 is 1.30 bits per heavy atom. The number of hydrogen-bond acceptors (Lipinski definition) is 6. The molecule has 0 aliphatic heterocycles. The van der Waals surface area contributed by atoms with Crippen molar-refractivity contribution in [2.24, 2.45) is 11.5 Å². The van der Waals surface area contributed by atoms with E-state index in [0.717, 1.165) is 12.8 Å². The zero-order valence-corrected chi connectivity index (χ0v) is 16.3. The van der Waals surface area contributed by atoms with Gasteiger partial charge in [0.05, 0.1) is 0 Å². The van der Waals surface area contributed by atoms with E-state index >= 15 is 0 Å². The van der Waals surface area contributed by atoms with Crippen LogP contribution in [0.1, 0.15) is 38.5 Å². The standard InChI is InChI=1S/2C6H14N2O3.Zn/c2*7-4-2-1-3-5(8-11)6(9)10;/h2*5H,1-4,7-8H2,(H,9,10);/t2*5-;/m00./s1. The van der Waals surface area contributed by atoms with Crippen LogP contribution in [0.5, 0.6) is 0 Å². The molecule has 0 saturated heterocycles. The molecule has 0 bridgehead atoms. The smallest absolute Gasteiger partial charge is 0.362 e. The van der Waals surface area contributed by atoms with E-state index in [4.69, 9.17) is 21.7 Å². The topological polar surface area (TPSA) is 206 Å². The van der Waals surface area contributed by atoms with Gasteiger partial charge in [0.15, 0.2) is 12.1 Å². The van der Waals surface area contributed by atoms with Gasteiger partial charge in [-0.25, -0.2) is 9.59 Å². The largest absolute Gasteiger partial charge is 0.635 e. The monoisotopic (exact) mass is 388 g/mol. The van der Waals surface area contributed by atoms with Crippen molar-refractivity contribution in [1.82, 2.24) is 0 Å². The van der Waals surface area contributed by atoms with E-state index < -0.39 is 24.0 Å². The minimum atomic E-state index is -1.04. The van der Waals surface area contributed by atoms with Gasteiger partial charge in [-0.05, 0) is 38.8 Å². The Hall–Kier alpha value is -0.677. The van der Waals surface area contributed by atoms with E-state index in [2.05, 4.69) is 0 Å². The van der Waals surface area contributed by atoms with E-state index in [1.165, 1.54) is 0 Å². The number of nitrogens with two attached hydrogens (primary N) is 4. The van der Waals surface area contributed by atoms with Gasteiger partial charge in [-0.3, -0.25) is 0 Å². The third-order valence-corrected chi connectivity index (χ3v) is 2.90. The molecular weight excluding hydrogens is 362 g/mol. The molecule has 0 aromatic carbocycles. The summed E-state index contributed by atoms with van der Waals surface area (Å²) in [5, 5.41) is 37.1. The summed E-state index contributed by atoms with van der Waals surface area (Å²) in [6.07, 6.45) is 3.75. The zero-order chi connectivity index (χ0) is 17.4. The number of quaternary nitrogens is 2. The zero-order valence-electron chi connectivity index (χ0n) is 13.4. The molecule has 0 aromatic rings. The van der Waals surface area contributed by atoms with Crippen LogP contribution < -0.4 is 22.4 Å². The van der Waals surface area contributed by atoms with E-state index in [-0.39, 0.29) is 19.5 Å². The van der Waals surface area contributed by atoms with Crippen LogP contribution in [0.3, 0.4) is 0 Å². The SMILES string of the molecule is NCCCC[C@H]([NH2+][O-])C(=O)O.NCCCC[C@H]([NH2+][O-])C(=O)O.[Zn]. The Morgan fingerprint density at radius 1 is 0.826 bits per heavy atom. The van der Waals surface area contributed by atoms with Crippen LogP contribution in [0.4, 0.5) is 0 Å². The quantitative estimate of drug-likeness (QED) is 0.117. The average molecular weight is 390 g/mol. The Kier molecular flexibility index (Phi) is 22.9. The molecule has 0 radical (unpaired) electrons. The second kappa shape index (κ2) is 19.4. The third-order valence-electron chi connectivity index (χ3n) is 2.90. The predicted octanol–water partition coefficient (Wildman–Crippen LogP) is -2.74. The molecule has 0 aliphatic rings. The van der Waals surface area contributed by atoms with Gasteiger partial charge in [-0.15, -0.1) is 0 Å². The van der Waals surface area contributed by atoms with Gasteiger partial charge < -0.3 is 43.1 Å². The van der Waals surface area contributed by atoms with Crippen LogP contribution in [0.2, 0.25) is 0 Å².